The van der Waals surface area contributed by atoms with Gasteiger partial charge in [-0.3, -0.25) is 5.10 Å². The Hall–Kier alpha value is -1.08. The minimum absolute atomic E-state index is 0.115. The number of esters is 1. The van der Waals surface area contributed by atoms with Gasteiger partial charge in [-0.25, -0.2) is 13.2 Å². The number of H-pyrrole nitrogens is 1. The second kappa shape index (κ2) is 6.58. The number of ether oxygens (including phenoxy) is 1. The van der Waals surface area contributed by atoms with Crippen molar-refractivity contribution in [2.24, 2.45) is 5.92 Å². The van der Waals surface area contributed by atoms with E-state index in [9.17, 15) is 13.2 Å². The molecule has 6 nitrogen and oxygen atoms in total. The minimum atomic E-state index is -4.07. The highest BCUT2D eigenvalue weighted by atomic mass is 35.7. The lowest BCUT2D eigenvalue weighted by Gasteiger charge is -2.15. The van der Waals surface area contributed by atoms with E-state index in [1.165, 1.54) is 0 Å². The van der Waals surface area contributed by atoms with Crippen LogP contribution in [0.5, 0.6) is 0 Å². The molecule has 1 N–H and O–H groups in total. The monoisotopic (exact) mass is 322 g/mol. The highest BCUT2D eigenvalue weighted by Gasteiger charge is 2.30. The fourth-order valence-electron chi connectivity index (χ4n) is 1.55. The molecule has 1 aromatic rings. The first kappa shape index (κ1) is 17.0. The van der Waals surface area contributed by atoms with Gasteiger partial charge in [0.25, 0.3) is 9.05 Å². The minimum Gasteiger partial charge on any atom is -0.458 e. The number of nitrogens with zero attached hydrogens (tertiary/aromatic N) is 1. The Kier molecular flexibility index (Phi) is 5.59. The van der Waals surface area contributed by atoms with Gasteiger partial charge >= 0.3 is 5.97 Å². The number of hydrogen-bond donors (Lipinski definition) is 1. The topological polar surface area (TPSA) is 89.1 Å². The third-order valence-electron chi connectivity index (χ3n) is 2.96. The Morgan fingerprint density at radius 1 is 1.40 bits per heavy atom. The van der Waals surface area contributed by atoms with E-state index >= 15 is 0 Å². The fraction of sp³-hybridized carbons (Fsp3) is 0.667. The van der Waals surface area contributed by atoms with Crippen molar-refractivity contribution >= 4 is 25.7 Å². The van der Waals surface area contributed by atoms with Gasteiger partial charge in [0.05, 0.1) is 5.69 Å². The number of aromatic nitrogens is 2. The van der Waals surface area contributed by atoms with Gasteiger partial charge in [-0.05, 0) is 19.3 Å². The maximum absolute atomic E-state index is 12.0. The molecule has 114 valence electrons. The number of carbonyl (C=O) groups is 1. The normalized spacial score (nSPS) is 13.5. The van der Waals surface area contributed by atoms with Crippen molar-refractivity contribution in [3.05, 3.63) is 11.4 Å². The average molecular weight is 323 g/mol. The first-order valence-electron chi connectivity index (χ1n) is 6.41. The lowest BCUT2D eigenvalue weighted by atomic mass is 10.1. The van der Waals surface area contributed by atoms with Crippen molar-refractivity contribution in [2.45, 2.75) is 51.5 Å². The van der Waals surface area contributed by atoms with E-state index < -0.39 is 15.0 Å². The third kappa shape index (κ3) is 3.96. The van der Waals surface area contributed by atoms with Crippen LogP contribution in [-0.2, 0) is 20.2 Å². The van der Waals surface area contributed by atoms with Gasteiger partial charge in [-0.15, -0.1) is 0 Å². The van der Waals surface area contributed by atoms with Crippen molar-refractivity contribution in [2.75, 3.05) is 0 Å². The van der Waals surface area contributed by atoms with Gasteiger partial charge in [0, 0.05) is 10.7 Å². The SMILES string of the molecule is CCCc1[nH]nc(C(=O)OC(C)C(C)C)c1S(=O)(=O)Cl. The molecule has 1 unspecified atom stereocenters. The molecule has 0 saturated carbocycles. The van der Waals surface area contributed by atoms with Crippen molar-refractivity contribution in [3.8, 4) is 0 Å². The van der Waals surface area contributed by atoms with Crippen LogP contribution in [0, 0.1) is 5.92 Å². The number of hydrogen-bond acceptors (Lipinski definition) is 5. The second-order valence-corrected chi connectivity index (χ2v) is 7.42. The molecule has 0 bridgehead atoms. The maximum atomic E-state index is 12.0. The van der Waals surface area contributed by atoms with E-state index in [1.54, 1.807) is 6.92 Å². The second-order valence-electron chi connectivity index (χ2n) is 4.92. The third-order valence-corrected chi connectivity index (χ3v) is 4.35. The van der Waals surface area contributed by atoms with Gasteiger partial charge in [-0.2, -0.15) is 5.10 Å². The van der Waals surface area contributed by atoms with E-state index in [1.807, 2.05) is 20.8 Å². The molecule has 8 heteroatoms. The highest BCUT2D eigenvalue weighted by Crippen LogP contribution is 2.24. The van der Waals surface area contributed by atoms with Crippen molar-refractivity contribution in [1.29, 1.82) is 0 Å². The van der Waals surface area contributed by atoms with E-state index in [4.69, 9.17) is 15.4 Å². The van der Waals surface area contributed by atoms with Crippen LogP contribution in [0.2, 0.25) is 0 Å². The number of aromatic amines is 1. The van der Waals surface area contributed by atoms with Crippen LogP contribution >= 0.6 is 10.7 Å². The zero-order chi connectivity index (χ0) is 15.5. The van der Waals surface area contributed by atoms with Crippen molar-refractivity contribution in [1.82, 2.24) is 10.2 Å². The summed E-state index contributed by atoms with van der Waals surface area (Å²) in [6.45, 7) is 7.40. The summed E-state index contributed by atoms with van der Waals surface area (Å²) in [5.74, 6) is -0.673. The molecule has 0 aliphatic rings. The van der Waals surface area contributed by atoms with Gasteiger partial charge < -0.3 is 4.74 Å². The molecule has 0 spiro atoms. The van der Waals surface area contributed by atoms with Crippen LogP contribution in [0.3, 0.4) is 0 Å². The Balaban J connectivity index is 3.16. The number of halogens is 1. The van der Waals surface area contributed by atoms with Crippen LogP contribution in [0.4, 0.5) is 0 Å². The van der Waals surface area contributed by atoms with Gasteiger partial charge in [-0.1, -0.05) is 27.2 Å². The quantitative estimate of drug-likeness (QED) is 0.642. The van der Waals surface area contributed by atoms with Gasteiger partial charge in [0.2, 0.25) is 0 Å². The number of carbonyl (C=O) groups excluding carboxylic acids is 1. The summed E-state index contributed by atoms with van der Waals surface area (Å²) in [6, 6.07) is 0. The molecule has 0 fully saturated rings. The summed E-state index contributed by atoms with van der Waals surface area (Å²) < 4.78 is 28.4. The standard InChI is InChI=1S/C12H19ClN2O4S/c1-5-6-9-11(20(13,17)18)10(15-14-9)12(16)19-8(4)7(2)3/h7-8H,5-6H2,1-4H3,(H,14,15). The van der Waals surface area contributed by atoms with Crippen LogP contribution in [0.25, 0.3) is 0 Å². The average Bonchev–Trinajstić information content (AvgIpc) is 2.72. The summed E-state index contributed by atoms with van der Waals surface area (Å²) in [4.78, 5) is 11.7. The van der Waals surface area contributed by atoms with E-state index in [0.717, 1.165) is 0 Å². The summed E-state index contributed by atoms with van der Waals surface area (Å²) in [6.07, 6.45) is 0.777. The molecule has 0 aliphatic heterocycles. The molecular formula is C12H19ClN2O4S. The number of rotatable bonds is 6. The van der Waals surface area contributed by atoms with E-state index in [0.29, 0.717) is 18.5 Å². The van der Waals surface area contributed by atoms with Gasteiger partial charge in [0.1, 0.15) is 11.0 Å². The Bertz CT molecular complexity index is 580. The predicted molar refractivity (Wildman–Crippen MR) is 75.3 cm³/mol. The molecule has 0 saturated heterocycles. The van der Waals surface area contributed by atoms with Gasteiger partial charge in [0.15, 0.2) is 5.69 Å². The number of nitrogens with one attached hydrogen (secondary N) is 1. The van der Waals surface area contributed by atoms with Crippen molar-refractivity contribution in [3.63, 3.8) is 0 Å². The lowest BCUT2D eigenvalue weighted by Crippen LogP contribution is -2.21. The van der Waals surface area contributed by atoms with Crippen LogP contribution in [0.15, 0.2) is 4.90 Å². The molecule has 1 atom stereocenters. The molecule has 0 amide bonds. The zero-order valence-electron chi connectivity index (χ0n) is 11.9. The summed E-state index contributed by atoms with van der Waals surface area (Å²) in [7, 11) is 1.33. The molecule has 0 radical (unpaired) electrons. The summed E-state index contributed by atoms with van der Waals surface area (Å²) in [5.41, 5.74) is 0.0441. The molecular weight excluding hydrogens is 304 g/mol. The molecule has 0 aliphatic carbocycles. The van der Waals surface area contributed by atoms with Crippen LogP contribution in [-0.4, -0.2) is 30.7 Å². The van der Waals surface area contributed by atoms with E-state index in [2.05, 4.69) is 10.2 Å². The first-order valence-corrected chi connectivity index (χ1v) is 8.72. The zero-order valence-corrected chi connectivity index (χ0v) is 13.5. The molecule has 0 aromatic carbocycles. The summed E-state index contributed by atoms with van der Waals surface area (Å²) in [5, 5.41) is 6.30. The maximum Gasteiger partial charge on any atom is 0.360 e. The summed E-state index contributed by atoms with van der Waals surface area (Å²) >= 11 is 0. The van der Waals surface area contributed by atoms with Crippen molar-refractivity contribution < 1.29 is 17.9 Å². The van der Waals surface area contributed by atoms with Crippen LogP contribution < -0.4 is 0 Å². The Labute approximate surface area is 123 Å². The predicted octanol–water partition coefficient (Wildman–Crippen LogP) is 2.49. The Morgan fingerprint density at radius 2 is 2.00 bits per heavy atom. The molecule has 1 aromatic heterocycles. The number of aryl methyl sites for hydroxylation is 1. The van der Waals surface area contributed by atoms with E-state index in [-0.39, 0.29) is 22.6 Å². The largest absolute Gasteiger partial charge is 0.458 e. The smallest absolute Gasteiger partial charge is 0.360 e. The fourth-order valence-corrected chi connectivity index (χ4v) is 2.85. The molecule has 1 rings (SSSR count). The lowest BCUT2D eigenvalue weighted by molar-refractivity contribution is 0.0226. The molecule has 1 heterocycles. The molecule has 20 heavy (non-hydrogen) atoms. The Morgan fingerprint density at radius 3 is 2.45 bits per heavy atom. The van der Waals surface area contributed by atoms with Crippen LogP contribution in [0.1, 0.15) is 50.3 Å². The highest BCUT2D eigenvalue weighted by molar-refractivity contribution is 8.13. The first-order chi connectivity index (χ1) is 9.18.